The molecule has 0 radical (unpaired) electrons. The van der Waals surface area contributed by atoms with Crippen molar-refractivity contribution in [2.45, 2.75) is 38.1 Å². The predicted molar refractivity (Wildman–Crippen MR) is 70.5 cm³/mol. The molecule has 0 heterocycles. The van der Waals surface area contributed by atoms with Crippen LogP contribution in [0, 0.1) is 11.2 Å². The van der Waals surface area contributed by atoms with E-state index in [1.165, 1.54) is 25.7 Å². The maximum absolute atomic E-state index is 13.8. The number of hydrogen-bond donors (Lipinski definition) is 1. The molecule has 1 nitrogen and oxygen atoms in total. The van der Waals surface area contributed by atoms with Gasteiger partial charge in [0.15, 0.2) is 0 Å². The quantitative estimate of drug-likeness (QED) is 0.874. The first-order valence-corrected chi connectivity index (χ1v) is 7.14. The zero-order valence-electron chi connectivity index (χ0n) is 9.81. The molecule has 0 atom stereocenters. The minimum Gasteiger partial charge on any atom is -0.313 e. The van der Waals surface area contributed by atoms with Gasteiger partial charge in [-0.2, -0.15) is 0 Å². The van der Waals surface area contributed by atoms with Gasteiger partial charge in [-0.15, -0.1) is 0 Å². The lowest BCUT2D eigenvalue weighted by Crippen LogP contribution is -2.27. The first-order chi connectivity index (χ1) is 8.17. The average molecular weight is 298 g/mol. The van der Waals surface area contributed by atoms with Crippen LogP contribution >= 0.6 is 15.9 Å². The second-order valence-electron chi connectivity index (χ2n) is 5.57. The Morgan fingerprint density at radius 3 is 2.71 bits per heavy atom. The summed E-state index contributed by atoms with van der Waals surface area (Å²) in [6, 6.07) is 6.17. The standard InChI is InChI=1S/C14H17BrFN/c15-11-2-1-10(13(16)7-11)8-14(5-6-14)9-17-12-3-4-12/h1-2,7,12,17H,3-6,8-9H2. The highest BCUT2D eigenvalue weighted by Crippen LogP contribution is 2.48. The van der Waals surface area contributed by atoms with E-state index in [0.29, 0.717) is 5.41 Å². The monoisotopic (exact) mass is 297 g/mol. The van der Waals surface area contributed by atoms with E-state index in [4.69, 9.17) is 0 Å². The molecule has 2 fully saturated rings. The van der Waals surface area contributed by atoms with Crippen molar-refractivity contribution >= 4 is 15.9 Å². The minimum atomic E-state index is -0.0722. The molecular formula is C14H17BrFN. The Balaban J connectivity index is 1.64. The van der Waals surface area contributed by atoms with Crippen molar-refractivity contribution in [2.24, 2.45) is 5.41 Å². The van der Waals surface area contributed by atoms with E-state index in [9.17, 15) is 4.39 Å². The first-order valence-electron chi connectivity index (χ1n) is 6.34. The Kier molecular flexibility index (Phi) is 2.99. The molecule has 2 aliphatic carbocycles. The summed E-state index contributed by atoms with van der Waals surface area (Å²) in [7, 11) is 0. The zero-order chi connectivity index (χ0) is 11.9. The van der Waals surface area contributed by atoms with Crippen molar-refractivity contribution in [3.63, 3.8) is 0 Å². The second-order valence-corrected chi connectivity index (χ2v) is 6.48. The summed E-state index contributed by atoms with van der Waals surface area (Å²) < 4.78 is 14.6. The molecule has 0 aliphatic heterocycles. The highest BCUT2D eigenvalue weighted by atomic mass is 79.9. The van der Waals surface area contributed by atoms with E-state index < -0.39 is 0 Å². The van der Waals surface area contributed by atoms with Crippen LogP contribution < -0.4 is 5.32 Å². The lowest BCUT2D eigenvalue weighted by Gasteiger charge is -2.16. The largest absolute Gasteiger partial charge is 0.313 e. The smallest absolute Gasteiger partial charge is 0.127 e. The van der Waals surface area contributed by atoms with Crippen LogP contribution in [0.15, 0.2) is 22.7 Å². The predicted octanol–water partition coefficient (Wildman–Crippen LogP) is 3.66. The van der Waals surface area contributed by atoms with Gasteiger partial charge in [0.1, 0.15) is 5.82 Å². The highest BCUT2D eigenvalue weighted by Gasteiger charge is 2.43. The van der Waals surface area contributed by atoms with Crippen molar-refractivity contribution in [1.82, 2.24) is 5.32 Å². The van der Waals surface area contributed by atoms with Gasteiger partial charge in [-0.1, -0.05) is 22.0 Å². The summed E-state index contributed by atoms with van der Waals surface area (Å²) in [6.45, 7) is 1.06. The van der Waals surface area contributed by atoms with Crippen molar-refractivity contribution in [1.29, 1.82) is 0 Å². The van der Waals surface area contributed by atoms with Crippen LogP contribution in [0.5, 0.6) is 0 Å². The van der Waals surface area contributed by atoms with Crippen LogP contribution in [0.1, 0.15) is 31.2 Å². The number of rotatable bonds is 5. The van der Waals surface area contributed by atoms with Gasteiger partial charge in [-0.05, 0) is 55.2 Å². The third kappa shape index (κ3) is 2.89. The van der Waals surface area contributed by atoms with Gasteiger partial charge in [0.25, 0.3) is 0 Å². The van der Waals surface area contributed by atoms with Crippen LogP contribution in [0.4, 0.5) is 4.39 Å². The van der Waals surface area contributed by atoms with E-state index in [1.807, 2.05) is 12.1 Å². The normalized spacial score (nSPS) is 21.5. The molecular weight excluding hydrogens is 281 g/mol. The molecule has 0 spiro atoms. The molecule has 2 saturated carbocycles. The van der Waals surface area contributed by atoms with Crippen LogP contribution in [-0.2, 0) is 6.42 Å². The summed E-state index contributed by atoms with van der Waals surface area (Å²) in [5.74, 6) is -0.0722. The molecule has 1 aromatic carbocycles. The minimum absolute atomic E-state index is 0.0722. The average Bonchev–Trinajstić information content (AvgIpc) is 3.15. The molecule has 0 saturated heterocycles. The van der Waals surface area contributed by atoms with E-state index in [1.54, 1.807) is 6.07 Å². The van der Waals surface area contributed by atoms with Crippen molar-refractivity contribution in [3.8, 4) is 0 Å². The van der Waals surface area contributed by atoms with Crippen LogP contribution in [0.2, 0.25) is 0 Å². The number of halogens is 2. The Labute approximate surface area is 110 Å². The van der Waals surface area contributed by atoms with Crippen molar-refractivity contribution in [2.75, 3.05) is 6.54 Å². The summed E-state index contributed by atoms with van der Waals surface area (Å²) in [4.78, 5) is 0. The van der Waals surface area contributed by atoms with E-state index in [-0.39, 0.29) is 5.82 Å². The van der Waals surface area contributed by atoms with Gasteiger partial charge in [0.05, 0.1) is 0 Å². The number of nitrogens with one attached hydrogen (secondary N) is 1. The summed E-state index contributed by atoms with van der Waals surface area (Å²) in [5.41, 5.74) is 1.21. The topological polar surface area (TPSA) is 12.0 Å². The van der Waals surface area contributed by atoms with Gasteiger partial charge in [-0.25, -0.2) is 4.39 Å². The first kappa shape index (κ1) is 11.7. The fourth-order valence-corrected chi connectivity index (χ4v) is 2.64. The Morgan fingerprint density at radius 1 is 1.35 bits per heavy atom. The maximum Gasteiger partial charge on any atom is 0.127 e. The van der Waals surface area contributed by atoms with E-state index >= 15 is 0 Å². The molecule has 3 rings (SSSR count). The third-order valence-electron chi connectivity index (χ3n) is 3.88. The Hall–Kier alpha value is -0.410. The molecule has 3 heteroatoms. The molecule has 0 bridgehead atoms. The third-order valence-corrected chi connectivity index (χ3v) is 4.37. The molecule has 1 aromatic rings. The van der Waals surface area contributed by atoms with Gasteiger partial charge in [-0.3, -0.25) is 0 Å². The molecule has 0 amide bonds. The molecule has 0 aromatic heterocycles. The molecule has 17 heavy (non-hydrogen) atoms. The molecule has 0 unspecified atom stereocenters. The maximum atomic E-state index is 13.8. The zero-order valence-corrected chi connectivity index (χ0v) is 11.4. The number of benzene rings is 1. The van der Waals surface area contributed by atoms with E-state index in [0.717, 1.165) is 29.0 Å². The molecule has 2 aliphatic rings. The fraction of sp³-hybridized carbons (Fsp3) is 0.571. The van der Waals surface area contributed by atoms with Gasteiger partial charge < -0.3 is 5.32 Å². The Bertz CT molecular complexity index is 424. The van der Waals surface area contributed by atoms with Crippen LogP contribution in [0.3, 0.4) is 0 Å². The van der Waals surface area contributed by atoms with Gasteiger partial charge in [0.2, 0.25) is 0 Å². The summed E-state index contributed by atoms with van der Waals surface area (Å²) >= 11 is 3.30. The molecule has 1 N–H and O–H groups in total. The van der Waals surface area contributed by atoms with Crippen molar-refractivity contribution in [3.05, 3.63) is 34.1 Å². The van der Waals surface area contributed by atoms with Crippen LogP contribution in [-0.4, -0.2) is 12.6 Å². The Morgan fingerprint density at radius 2 is 2.12 bits per heavy atom. The second kappa shape index (κ2) is 4.36. The number of hydrogen-bond acceptors (Lipinski definition) is 1. The van der Waals surface area contributed by atoms with Gasteiger partial charge in [0, 0.05) is 17.1 Å². The SMILES string of the molecule is Fc1cc(Br)ccc1CC1(CNC2CC2)CC1. The van der Waals surface area contributed by atoms with Gasteiger partial charge >= 0.3 is 0 Å². The molecule has 92 valence electrons. The lowest BCUT2D eigenvalue weighted by atomic mass is 9.96. The summed E-state index contributed by atoms with van der Waals surface area (Å²) in [6.07, 6.45) is 6.00. The van der Waals surface area contributed by atoms with Crippen molar-refractivity contribution < 1.29 is 4.39 Å². The fourth-order valence-electron chi connectivity index (χ4n) is 2.31. The summed E-state index contributed by atoms with van der Waals surface area (Å²) in [5, 5.41) is 3.58. The van der Waals surface area contributed by atoms with E-state index in [2.05, 4.69) is 21.2 Å². The van der Waals surface area contributed by atoms with Crippen LogP contribution in [0.25, 0.3) is 0 Å². The highest BCUT2D eigenvalue weighted by molar-refractivity contribution is 9.10. The lowest BCUT2D eigenvalue weighted by molar-refractivity contribution is 0.444.